The van der Waals surface area contributed by atoms with Gasteiger partial charge in [0.1, 0.15) is 10.7 Å². The van der Waals surface area contributed by atoms with Crippen LogP contribution in [-0.2, 0) is 4.74 Å². The highest BCUT2D eigenvalue weighted by atomic mass is 79.9. The summed E-state index contributed by atoms with van der Waals surface area (Å²) in [6.45, 7) is 0. The van der Waals surface area contributed by atoms with E-state index in [1.807, 2.05) is 12.1 Å². The van der Waals surface area contributed by atoms with Crippen LogP contribution in [-0.4, -0.2) is 24.3 Å². The van der Waals surface area contributed by atoms with E-state index in [1.165, 1.54) is 6.42 Å². The largest absolute Gasteiger partial charge is 0.487 e. The molecule has 1 aromatic heterocycles. The molecule has 0 amide bonds. The molecule has 2 unspecified atom stereocenters. The second kappa shape index (κ2) is 5.64. The van der Waals surface area contributed by atoms with Crippen LogP contribution in [0, 0.1) is 0 Å². The zero-order valence-electron chi connectivity index (χ0n) is 9.36. The minimum absolute atomic E-state index is 0.249. The van der Waals surface area contributed by atoms with Crippen LogP contribution in [0.3, 0.4) is 0 Å². The zero-order chi connectivity index (χ0) is 11.4. The summed E-state index contributed by atoms with van der Waals surface area (Å²) in [7, 11) is 1.77. The highest BCUT2D eigenvalue weighted by Crippen LogP contribution is 2.28. The van der Waals surface area contributed by atoms with E-state index in [9.17, 15) is 0 Å². The number of pyridine rings is 1. The average molecular weight is 286 g/mol. The van der Waals surface area contributed by atoms with Gasteiger partial charge in [0.2, 0.25) is 0 Å². The number of aromatic nitrogens is 1. The third-order valence-electron chi connectivity index (χ3n) is 2.93. The Labute approximate surface area is 104 Å². The van der Waals surface area contributed by atoms with Crippen LogP contribution in [0.25, 0.3) is 0 Å². The maximum Gasteiger partial charge on any atom is 0.152 e. The molecule has 1 saturated carbocycles. The van der Waals surface area contributed by atoms with E-state index >= 15 is 0 Å². The summed E-state index contributed by atoms with van der Waals surface area (Å²) >= 11 is 3.39. The van der Waals surface area contributed by atoms with Crippen molar-refractivity contribution in [3.63, 3.8) is 0 Å². The molecule has 0 bridgehead atoms. The first kappa shape index (κ1) is 11.9. The van der Waals surface area contributed by atoms with E-state index in [4.69, 9.17) is 9.47 Å². The Bertz CT molecular complexity index is 346. The van der Waals surface area contributed by atoms with Gasteiger partial charge in [-0.05, 0) is 47.3 Å². The van der Waals surface area contributed by atoms with Crippen LogP contribution in [0.15, 0.2) is 22.9 Å². The summed E-state index contributed by atoms with van der Waals surface area (Å²) in [5.74, 6) is 0.823. The average Bonchev–Trinajstić information content (AvgIpc) is 2.32. The molecular formula is C12H16BrNO2. The highest BCUT2D eigenvalue weighted by Gasteiger charge is 2.23. The first-order valence-electron chi connectivity index (χ1n) is 5.59. The monoisotopic (exact) mass is 285 g/mol. The van der Waals surface area contributed by atoms with E-state index in [0.29, 0.717) is 6.10 Å². The third kappa shape index (κ3) is 2.95. The van der Waals surface area contributed by atoms with E-state index in [1.54, 1.807) is 13.3 Å². The van der Waals surface area contributed by atoms with Gasteiger partial charge in [0.25, 0.3) is 0 Å². The molecule has 0 spiro atoms. The van der Waals surface area contributed by atoms with E-state index in [-0.39, 0.29) is 6.10 Å². The topological polar surface area (TPSA) is 31.4 Å². The Balaban J connectivity index is 1.97. The van der Waals surface area contributed by atoms with Gasteiger partial charge in [-0.1, -0.05) is 0 Å². The predicted molar refractivity (Wildman–Crippen MR) is 65.6 cm³/mol. The smallest absolute Gasteiger partial charge is 0.152 e. The van der Waals surface area contributed by atoms with Crippen LogP contribution in [0.1, 0.15) is 25.7 Å². The molecule has 2 atom stereocenters. The molecule has 3 nitrogen and oxygen atoms in total. The predicted octanol–water partition coefficient (Wildman–Crippen LogP) is 3.18. The van der Waals surface area contributed by atoms with Crippen molar-refractivity contribution in [1.29, 1.82) is 0 Å². The van der Waals surface area contributed by atoms with Crippen molar-refractivity contribution >= 4 is 15.9 Å². The van der Waals surface area contributed by atoms with Gasteiger partial charge in [0.05, 0.1) is 6.10 Å². The SMILES string of the molecule is COC1CCCC(Oc2cccnc2Br)C1. The van der Waals surface area contributed by atoms with Crippen molar-refractivity contribution in [1.82, 2.24) is 4.98 Å². The molecule has 4 heteroatoms. The molecule has 0 aromatic carbocycles. The van der Waals surface area contributed by atoms with Gasteiger partial charge in [-0.15, -0.1) is 0 Å². The van der Waals surface area contributed by atoms with E-state index in [2.05, 4.69) is 20.9 Å². The summed E-state index contributed by atoms with van der Waals surface area (Å²) in [5.41, 5.74) is 0. The molecule has 0 saturated heterocycles. The first-order chi connectivity index (χ1) is 7.79. The third-order valence-corrected chi connectivity index (χ3v) is 3.53. The molecule has 1 aliphatic rings. The fourth-order valence-electron chi connectivity index (χ4n) is 2.06. The number of nitrogens with zero attached hydrogens (tertiary/aromatic N) is 1. The number of methoxy groups -OCH3 is 1. The van der Waals surface area contributed by atoms with Crippen molar-refractivity contribution in [2.24, 2.45) is 0 Å². The lowest BCUT2D eigenvalue weighted by Gasteiger charge is -2.28. The quantitative estimate of drug-likeness (QED) is 0.800. The Hall–Kier alpha value is -0.610. The van der Waals surface area contributed by atoms with E-state index in [0.717, 1.165) is 29.6 Å². The number of rotatable bonds is 3. The summed E-state index contributed by atoms with van der Waals surface area (Å²) in [6, 6.07) is 3.82. The first-order valence-corrected chi connectivity index (χ1v) is 6.39. The summed E-state index contributed by atoms with van der Waals surface area (Å²) < 4.78 is 12.1. The van der Waals surface area contributed by atoms with Crippen LogP contribution in [0.4, 0.5) is 0 Å². The van der Waals surface area contributed by atoms with Crippen molar-refractivity contribution in [3.05, 3.63) is 22.9 Å². The molecule has 0 aliphatic heterocycles. The number of hydrogen-bond donors (Lipinski definition) is 0. The van der Waals surface area contributed by atoms with Crippen molar-refractivity contribution in [3.8, 4) is 5.75 Å². The maximum absolute atomic E-state index is 5.93. The Morgan fingerprint density at radius 1 is 1.38 bits per heavy atom. The molecule has 16 heavy (non-hydrogen) atoms. The molecular weight excluding hydrogens is 270 g/mol. The Morgan fingerprint density at radius 2 is 2.19 bits per heavy atom. The van der Waals surface area contributed by atoms with Crippen LogP contribution in [0.2, 0.25) is 0 Å². The summed E-state index contributed by atoms with van der Waals surface area (Å²) in [6.07, 6.45) is 6.72. The second-order valence-electron chi connectivity index (χ2n) is 4.06. The Morgan fingerprint density at radius 3 is 2.94 bits per heavy atom. The molecule has 1 fully saturated rings. The van der Waals surface area contributed by atoms with E-state index < -0.39 is 0 Å². The minimum Gasteiger partial charge on any atom is -0.487 e. The lowest BCUT2D eigenvalue weighted by Crippen LogP contribution is -2.29. The summed E-state index contributed by atoms with van der Waals surface area (Å²) in [4.78, 5) is 4.14. The van der Waals surface area contributed by atoms with Crippen molar-refractivity contribution in [2.45, 2.75) is 37.9 Å². The molecule has 0 radical (unpaired) electrons. The summed E-state index contributed by atoms with van der Waals surface area (Å²) in [5, 5.41) is 0. The van der Waals surface area contributed by atoms with Gasteiger partial charge >= 0.3 is 0 Å². The number of hydrogen-bond acceptors (Lipinski definition) is 3. The number of halogens is 1. The van der Waals surface area contributed by atoms with Gasteiger partial charge in [-0.3, -0.25) is 0 Å². The molecule has 88 valence electrons. The van der Waals surface area contributed by atoms with Gasteiger partial charge in [-0.25, -0.2) is 4.98 Å². The standard InChI is InChI=1S/C12H16BrNO2/c1-15-9-4-2-5-10(8-9)16-11-6-3-7-14-12(11)13/h3,6-7,9-10H,2,4-5,8H2,1H3. The second-order valence-corrected chi connectivity index (χ2v) is 4.81. The molecule has 1 aromatic rings. The van der Waals surface area contributed by atoms with Crippen molar-refractivity contribution in [2.75, 3.05) is 7.11 Å². The highest BCUT2D eigenvalue weighted by molar-refractivity contribution is 9.10. The Kier molecular flexibility index (Phi) is 4.18. The molecule has 0 N–H and O–H groups in total. The fourth-order valence-corrected chi connectivity index (χ4v) is 2.41. The van der Waals surface area contributed by atoms with Gasteiger partial charge in [-0.2, -0.15) is 0 Å². The maximum atomic E-state index is 5.93. The van der Waals surface area contributed by atoms with Crippen LogP contribution >= 0.6 is 15.9 Å². The molecule has 2 rings (SSSR count). The molecule has 1 heterocycles. The van der Waals surface area contributed by atoms with Gasteiger partial charge < -0.3 is 9.47 Å². The van der Waals surface area contributed by atoms with Crippen LogP contribution in [0.5, 0.6) is 5.75 Å². The lowest BCUT2D eigenvalue weighted by molar-refractivity contribution is 0.0206. The molecule has 1 aliphatic carbocycles. The lowest BCUT2D eigenvalue weighted by atomic mass is 9.95. The van der Waals surface area contributed by atoms with Crippen molar-refractivity contribution < 1.29 is 9.47 Å². The van der Waals surface area contributed by atoms with Crippen LogP contribution < -0.4 is 4.74 Å². The zero-order valence-corrected chi connectivity index (χ0v) is 10.9. The normalized spacial score (nSPS) is 25.4. The van der Waals surface area contributed by atoms with Gasteiger partial charge in [0, 0.05) is 19.7 Å². The minimum atomic E-state index is 0.249. The fraction of sp³-hybridized carbons (Fsp3) is 0.583. The van der Waals surface area contributed by atoms with Gasteiger partial charge in [0.15, 0.2) is 5.75 Å². The number of ether oxygens (including phenoxy) is 2.